The van der Waals surface area contributed by atoms with Crippen molar-refractivity contribution in [2.45, 2.75) is 65.0 Å². The first-order valence-corrected chi connectivity index (χ1v) is 8.58. The normalized spacial score (nSPS) is 11.3. The van der Waals surface area contributed by atoms with Gasteiger partial charge in [0, 0.05) is 24.3 Å². The predicted octanol–water partition coefficient (Wildman–Crippen LogP) is 5.11. The monoisotopic (exact) mass is 286 g/mol. The van der Waals surface area contributed by atoms with Gasteiger partial charge < -0.3 is 9.88 Å². The Morgan fingerprint density at radius 2 is 1.67 bits per heavy atom. The van der Waals surface area contributed by atoms with E-state index in [1.807, 2.05) is 7.05 Å². The summed E-state index contributed by atoms with van der Waals surface area (Å²) in [4.78, 5) is 0. The molecular weight excluding hydrogens is 256 g/mol. The van der Waals surface area contributed by atoms with Crippen molar-refractivity contribution in [3.8, 4) is 0 Å². The summed E-state index contributed by atoms with van der Waals surface area (Å²) in [5.41, 5.74) is 2.79. The Hall–Kier alpha value is -1.28. The molecule has 0 radical (unpaired) electrons. The Morgan fingerprint density at radius 3 is 2.43 bits per heavy atom. The van der Waals surface area contributed by atoms with Crippen molar-refractivity contribution in [2.24, 2.45) is 0 Å². The van der Waals surface area contributed by atoms with E-state index < -0.39 is 0 Å². The van der Waals surface area contributed by atoms with Crippen molar-refractivity contribution >= 4 is 10.9 Å². The average molecular weight is 286 g/mol. The third-order valence-electron chi connectivity index (χ3n) is 4.24. The van der Waals surface area contributed by atoms with Crippen molar-refractivity contribution < 1.29 is 0 Å². The molecule has 0 saturated carbocycles. The first kappa shape index (κ1) is 16.1. The molecule has 0 aliphatic rings. The van der Waals surface area contributed by atoms with Crippen LogP contribution in [0, 0.1) is 0 Å². The van der Waals surface area contributed by atoms with Crippen LogP contribution in [-0.2, 0) is 13.1 Å². The van der Waals surface area contributed by atoms with Gasteiger partial charge in [0.1, 0.15) is 0 Å². The second-order valence-corrected chi connectivity index (χ2v) is 6.00. The van der Waals surface area contributed by atoms with Crippen LogP contribution in [0.2, 0.25) is 0 Å². The maximum atomic E-state index is 3.29. The van der Waals surface area contributed by atoms with Gasteiger partial charge in [-0.2, -0.15) is 0 Å². The molecule has 0 saturated heterocycles. The van der Waals surface area contributed by atoms with Gasteiger partial charge in [-0.05, 0) is 31.0 Å². The van der Waals surface area contributed by atoms with E-state index in [4.69, 9.17) is 0 Å². The summed E-state index contributed by atoms with van der Waals surface area (Å²) in [5, 5.41) is 4.66. The van der Waals surface area contributed by atoms with E-state index in [0.717, 1.165) is 13.1 Å². The zero-order chi connectivity index (χ0) is 14.9. The van der Waals surface area contributed by atoms with Crippen molar-refractivity contribution in [2.75, 3.05) is 7.05 Å². The zero-order valence-corrected chi connectivity index (χ0v) is 13.7. The summed E-state index contributed by atoms with van der Waals surface area (Å²) in [6.45, 7) is 4.38. The first-order chi connectivity index (χ1) is 10.4. The molecule has 0 amide bonds. The van der Waals surface area contributed by atoms with E-state index in [0.29, 0.717) is 0 Å². The van der Waals surface area contributed by atoms with Crippen LogP contribution in [0.5, 0.6) is 0 Å². The lowest BCUT2D eigenvalue weighted by molar-refractivity contribution is 0.545. The van der Waals surface area contributed by atoms with Crippen LogP contribution in [0.25, 0.3) is 10.9 Å². The largest absolute Gasteiger partial charge is 0.343 e. The van der Waals surface area contributed by atoms with Gasteiger partial charge in [0.05, 0.1) is 0 Å². The highest BCUT2D eigenvalue weighted by atomic mass is 15.0. The van der Waals surface area contributed by atoms with Crippen LogP contribution >= 0.6 is 0 Å². The number of hydrogen-bond donors (Lipinski definition) is 1. The van der Waals surface area contributed by atoms with Gasteiger partial charge in [-0.3, -0.25) is 0 Å². The van der Waals surface area contributed by atoms with Gasteiger partial charge in [-0.1, -0.05) is 63.6 Å². The lowest BCUT2D eigenvalue weighted by atomic mass is 10.1. The fourth-order valence-electron chi connectivity index (χ4n) is 3.09. The van der Waals surface area contributed by atoms with E-state index >= 15 is 0 Å². The second kappa shape index (κ2) is 8.89. The van der Waals surface area contributed by atoms with Gasteiger partial charge in [0.25, 0.3) is 0 Å². The number of unbranched alkanes of at least 4 members (excludes halogenated alkanes) is 6. The molecule has 21 heavy (non-hydrogen) atoms. The summed E-state index contributed by atoms with van der Waals surface area (Å²) in [7, 11) is 2.02. The maximum absolute atomic E-state index is 3.29. The van der Waals surface area contributed by atoms with Crippen LogP contribution in [0.1, 0.15) is 57.6 Å². The lowest BCUT2D eigenvalue weighted by Gasteiger charge is -2.10. The van der Waals surface area contributed by atoms with Gasteiger partial charge >= 0.3 is 0 Å². The van der Waals surface area contributed by atoms with E-state index in [1.165, 1.54) is 61.5 Å². The summed E-state index contributed by atoms with van der Waals surface area (Å²) >= 11 is 0. The molecule has 1 aromatic carbocycles. The fourth-order valence-corrected chi connectivity index (χ4v) is 3.09. The molecule has 2 rings (SSSR count). The molecule has 2 nitrogen and oxygen atoms in total. The summed E-state index contributed by atoms with van der Waals surface area (Å²) < 4.78 is 2.50. The molecule has 2 aromatic rings. The van der Waals surface area contributed by atoms with Crippen molar-refractivity contribution in [1.29, 1.82) is 0 Å². The third kappa shape index (κ3) is 4.60. The minimum atomic E-state index is 0.950. The smallest absolute Gasteiger partial charge is 0.0482 e. The molecule has 0 unspecified atom stereocenters. The van der Waals surface area contributed by atoms with Crippen molar-refractivity contribution in [3.05, 3.63) is 36.0 Å². The van der Waals surface area contributed by atoms with Gasteiger partial charge in [-0.25, -0.2) is 0 Å². The SMILES string of the molecule is CCCCCCCCCn1c(CNC)cc2ccccc21. The first-order valence-electron chi connectivity index (χ1n) is 8.58. The number of fused-ring (bicyclic) bond motifs is 1. The Balaban J connectivity index is 1.89. The van der Waals surface area contributed by atoms with Gasteiger partial charge in [0.2, 0.25) is 0 Å². The quantitative estimate of drug-likeness (QED) is 0.600. The lowest BCUT2D eigenvalue weighted by Crippen LogP contribution is -2.11. The maximum Gasteiger partial charge on any atom is 0.0482 e. The minimum Gasteiger partial charge on any atom is -0.343 e. The molecule has 0 spiro atoms. The second-order valence-electron chi connectivity index (χ2n) is 6.00. The third-order valence-corrected chi connectivity index (χ3v) is 4.24. The Kier molecular flexibility index (Phi) is 6.81. The molecule has 0 bridgehead atoms. The standard InChI is InChI=1S/C19H30N2/c1-3-4-5-6-7-8-11-14-21-18(16-20-2)15-17-12-9-10-13-19(17)21/h9-10,12-13,15,20H,3-8,11,14,16H2,1-2H3. The molecule has 1 heterocycles. The van der Waals surface area contributed by atoms with Crippen LogP contribution in [0.4, 0.5) is 0 Å². The number of para-hydroxylation sites is 1. The number of nitrogens with zero attached hydrogens (tertiary/aromatic N) is 1. The Morgan fingerprint density at radius 1 is 0.952 bits per heavy atom. The van der Waals surface area contributed by atoms with Gasteiger partial charge in [0.15, 0.2) is 0 Å². The molecule has 0 atom stereocenters. The Bertz CT molecular complexity index is 527. The summed E-state index contributed by atoms with van der Waals surface area (Å²) in [5.74, 6) is 0. The average Bonchev–Trinajstić information content (AvgIpc) is 2.84. The van der Waals surface area contributed by atoms with E-state index in [9.17, 15) is 0 Å². The molecule has 0 aliphatic heterocycles. The highest BCUT2D eigenvalue weighted by molar-refractivity contribution is 5.81. The Labute approximate surface area is 129 Å². The zero-order valence-electron chi connectivity index (χ0n) is 13.7. The van der Waals surface area contributed by atoms with E-state index in [2.05, 4.69) is 47.1 Å². The van der Waals surface area contributed by atoms with Crippen LogP contribution in [-0.4, -0.2) is 11.6 Å². The number of aromatic nitrogens is 1. The fraction of sp³-hybridized carbons (Fsp3) is 0.579. The molecule has 0 fully saturated rings. The molecule has 1 aromatic heterocycles. The topological polar surface area (TPSA) is 17.0 Å². The molecular formula is C19H30N2. The highest BCUT2D eigenvalue weighted by Gasteiger charge is 2.07. The molecule has 0 aliphatic carbocycles. The van der Waals surface area contributed by atoms with E-state index in [1.54, 1.807) is 0 Å². The van der Waals surface area contributed by atoms with Crippen LogP contribution in [0.3, 0.4) is 0 Å². The summed E-state index contributed by atoms with van der Waals surface area (Å²) in [6, 6.07) is 11.1. The van der Waals surface area contributed by atoms with Crippen molar-refractivity contribution in [1.82, 2.24) is 9.88 Å². The predicted molar refractivity (Wildman–Crippen MR) is 92.7 cm³/mol. The highest BCUT2D eigenvalue weighted by Crippen LogP contribution is 2.21. The summed E-state index contributed by atoms with van der Waals surface area (Å²) in [6.07, 6.45) is 9.59. The number of hydrogen-bond acceptors (Lipinski definition) is 1. The minimum absolute atomic E-state index is 0.950. The number of rotatable bonds is 10. The van der Waals surface area contributed by atoms with Crippen LogP contribution < -0.4 is 5.32 Å². The van der Waals surface area contributed by atoms with Crippen LogP contribution in [0.15, 0.2) is 30.3 Å². The molecule has 1 N–H and O–H groups in total. The van der Waals surface area contributed by atoms with E-state index in [-0.39, 0.29) is 0 Å². The number of benzene rings is 1. The van der Waals surface area contributed by atoms with Crippen molar-refractivity contribution in [3.63, 3.8) is 0 Å². The molecule has 2 heteroatoms. The number of aryl methyl sites for hydroxylation is 1. The molecule has 116 valence electrons. The number of nitrogens with one attached hydrogen (secondary N) is 1. The van der Waals surface area contributed by atoms with Gasteiger partial charge in [-0.15, -0.1) is 0 Å².